The van der Waals surface area contributed by atoms with Gasteiger partial charge in [-0.15, -0.1) is 0 Å². The molecule has 0 bridgehead atoms. The van der Waals surface area contributed by atoms with Crippen LogP contribution in [0, 0.1) is 6.92 Å². The first kappa shape index (κ1) is 16.4. The van der Waals surface area contributed by atoms with E-state index in [1.807, 2.05) is 0 Å². The van der Waals surface area contributed by atoms with Crippen molar-refractivity contribution in [1.82, 2.24) is 15.0 Å². The van der Waals surface area contributed by atoms with Crippen molar-refractivity contribution >= 4 is 23.5 Å². The first-order valence-corrected chi connectivity index (χ1v) is 5.65. The zero-order valence-electron chi connectivity index (χ0n) is 11.2. The second-order valence-corrected chi connectivity index (χ2v) is 3.74. The number of benzene rings is 1. The lowest BCUT2D eigenvalue weighted by Crippen LogP contribution is -2.34. The van der Waals surface area contributed by atoms with Crippen molar-refractivity contribution in [1.29, 1.82) is 0 Å². The Morgan fingerprint density at radius 1 is 0.864 bits per heavy atom. The van der Waals surface area contributed by atoms with Gasteiger partial charge in [0.25, 0.3) is 0 Å². The van der Waals surface area contributed by atoms with Gasteiger partial charge in [-0.1, -0.05) is 6.07 Å². The molecule has 0 unspecified atom stereocenters. The van der Waals surface area contributed by atoms with E-state index in [0.717, 1.165) is 5.56 Å². The van der Waals surface area contributed by atoms with Crippen LogP contribution in [0.4, 0.5) is 11.4 Å². The molecule has 1 heterocycles. The summed E-state index contributed by atoms with van der Waals surface area (Å²) in [5.74, 6) is 0. The lowest BCUT2D eigenvalue weighted by molar-refractivity contribution is 0.565. The highest BCUT2D eigenvalue weighted by Gasteiger charge is 1.97. The third kappa shape index (κ3) is 5.17. The smallest absolute Gasteiger partial charge is 0.259 e. The number of isocyanates is 2. The second-order valence-electron chi connectivity index (χ2n) is 3.74. The van der Waals surface area contributed by atoms with Gasteiger partial charge in [0, 0.05) is 0 Å². The topological polar surface area (TPSA) is 157 Å². The number of hydrogen-bond acceptors (Lipinski definition) is 7. The van der Waals surface area contributed by atoms with Crippen LogP contribution in [0.15, 0.2) is 42.6 Å². The third-order valence-electron chi connectivity index (χ3n) is 2.21. The Morgan fingerprint density at radius 3 is 1.82 bits per heavy atom. The van der Waals surface area contributed by atoms with Crippen molar-refractivity contribution < 1.29 is 9.59 Å². The predicted octanol–water partition coefficient (Wildman–Crippen LogP) is -0.319. The number of hydrogen-bond donors (Lipinski definition) is 3. The molecule has 1 aromatic carbocycles. The fourth-order valence-electron chi connectivity index (χ4n) is 1.29. The number of aryl methyl sites for hydroxylation is 1. The Kier molecular flexibility index (Phi) is 5.87. The van der Waals surface area contributed by atoms with Crippen LogP contribution in [0.25, 0.3) is 0 Å². The molecule has 0 fully saturated rings. The average molecular weight is 303 g/mol. The van der Waals surface area contributed by atoms with E-state index >= 15 is 0 Å². The van der Waals surface area contributed by atoms with Gasteiger partial charge >= 0.3 is 17.1 Å². The van der Waals surface area contributed by atoms with E-state index in [1.54, 1.807) is 34.0 Å². The minimum Gasteiger partial charge on any atom is -0.259 e. The molecule has 112 valence electrons. The summed E-state index contributed by atoms with van der Waals surface area (Å²) < 4.78 is 0. The quantitative estimate of drug-likeness (QED) is 0.511. The van der Waals surface area contributed by atoms with E-state index in [4.69, 9.17) is 0 Å². The minimum atomic E-state index is -0.802. The molecule has 2 rings (SSSR count). The van der Waals surface area contributed by atoms with Gasteiger partial charge < -0.3 is 0 Å². The van der Waals surface area contributed by atoms with Crippen molar-refractivity contribution in [2.24, 2.45) is 9.98 Å². The highest BCUT2D eigenvalue weighted by atomic mass is 16.2. The van der Waals surface area contributed by atoms with E-state index in [2.05, 4.69) is 9.98 Å². The Balaban J connectivity index is 0.000000235. The van der Waals surface area contributed by atoms with Crippen molar-refractivity contribution in [3.8, 4) is 0 Å². The zero-order chi connectivity index (χ0) is 16.5. The number of aromatic amines is 3. The molecule has 0 aliphatic carbocycles. The number of aliphatic imine (C=N–C) groups is 2. The largest absolute Gasteiger partial charge is 0.330 e. The zero-order valence-corrected chi connectivity index (χ0v) is 11.2. The van der Waals surface area contributed by atoms with Crippen LogP contribution < -0.4 is 17.1 Å². The molecule has 0 aliphatic heterocycles. The maximum Gasteiger partial charge on any atom is 0.330 e. The fourth-order valence-corrected chi connectivity index (χ4v) is 1.29. The van der Waals surface area contributed by atoms with Crippen LogP contribution in [0.5, 0.6) is 0 Å². The summed E-state index contributed by atoms with van der Waals surface area (Å²) in [5.41, 5.74) is -0.689. The third-order valence-corrected chi connectivity index (χ3v) is 2.21. The summed E-state index contributed by atoms with van der Waals surface area (Å²) in [4.78, 5) is 62.7. The molecule has 0 radical (unpaired) electrons. The fraction of sp³-hybridized carbons (Fsp3) is 0.0833. The van der Waals surface area contributed by atoms with Gasteiger partial charge in [-0.05, 0) is 24.6 Å². The number of H-pyrrole nitrogens is 3. The first-order valence-electron chi connectivity index (χ1n) is 5.65. The maximum absolute atomic E-state index is 10.2. The monoisotopic (exact) mass is 303 g/mol. The predicted molar refractivity (Wildman–Crippen MR) is 75.0 cm³/mol. The molecule has 0 aliphatic rings. The summed E-state index contributed by atoms with van der Waals surface area (Å²) in [6, 6.07) is 4.88. The van der Waals surface area contributed by atoms with Crippen molar-refractivity contribution in [3.05, 3.63) is 55.2 Å². The van der Waals surface area contributed by atoms with Gasteiger partial charge in [-0.25, -0.2) is 24.0 Å². The normalized spacial score (nSPS) is 8.77. The summed E-state index contributed by atoms with van der Waals surface area (Å²) >= 11 is 0. The molecule has 22 heavy (non-hydrogen) atoms. The van der Waals surface area contributed by atoms with E-state index in [0.29, 0.717) is 11.4 Å². The highest BCUT2D eigenvalue weighted by molar-refractivity contribution is 5.61. The van der Waals surface area contributed by atoms with Gasteiger partial charge in [-0.2, -0.15) is 9.98 Å². The highest BCUT2D eigenvalue weighted by Crippen LogP contribution is 2.23. The van der Waals surface area contributed by atoms with Gasteiger partial charge in [0.2, 0.25) is 12.2 Å². The van der Waals surface area contributed by atoms with Crippen molar-refractivity contribution in [2.75, 3.05) is 0 Å². The number of rotatable bonds is 2. The maximum atomic E-state index is 10.2. The molecule has 10 heteroatoms. The van der Waals surface area contributed by atoms with E-state index in [9.17, 15) is 24.0 Å². The van der Waals surface area contributed by atoms with E-state index in [-0.39, 0.29) is 0 Å². The summed E-state index contributed by atoms with van der Waals surface area (Å²) in [5, 5.41) is 0. The van der Waals surface area contributed by atoms with Crippen LogP contribution >= 0.6 is 0 Å². The summed E-state index contributed by atoms with van der Waals surface area (Å²) in [7, 11) is 0. The Bertz CT molecular complexity index is 847. The molecule has 3 N–H and O–H groups in total. The number of nitrogens with zero attached hydrogens (tertiary/aromatic N) is 2. The molecule has 0 spiro atoms. The first-order chi connectivity index (χ1) is 10.5. The van der Waals surface area contributed by atoms with Crippen LogP contribution in [0.2, 0.25) is 0 Å². The molecule has 0 saturated heterocycles. The van der Waals surface area contributed by atoms with E-state index in [1.165, 1.54) is 18.2 Å². The SMILES string of the molecule is Cc1ccc(N=C=O)cc1N=C=O.O=c1[nH]c(=O)[nH]c(=O)[nH]1. The van der Waals surface area contributed by atoms with Crippen molar-refractivity contribution in [3.63, 3.8) is 0 Å². The van der Waals surface area contributed by atoms with Crippen LogP contribution in [-0.4, -0.2) is 27.1 Å². The average Bonchev–Trinajstić information content (AvgIpc) is 2.42. The molecular formula is C12H9N5O5. The molecule has 0 atom stereocenters. The molecule has 0 saturated carbocycles. The lowest BCUT2D eigenvalue weighted by Gasteiger charge is -1.97. The molecule has 10 nitrogen and oxygen atoms in total. The Labute approximate surface area is 121 Å². The van der Waals surface area contributed by atoms with Crippen LogP contribution in [0.1, 0.15) is 5.56 Å². The number of nitrogens with one attached hydrogen (secondary N) is 3. The Morgan fingerprint density at radius 2 is 1.36 bits per heavy atom. The van der Waals surface area contributed by atoms with Gasteiger partial charge in [-0.3, -0.25) is 15.0 Å². The Hall–Kier alpha value is -3.61. The van der Waals surface area contributed by atoms with Gasteiger partial charge in [0.1, 0.15) is 0 Å². The van der Waals surface area contributed by atoms with Gasteiger partial charge in [0.05, 0.1) is 11.4 Å². The van der Waals surface area contributed by atoms with Crippen molar-refractivity contribution in [2.45, 2.75) is 6.92 Å². The molecule has 1 aromatic heterocycles. The number of carbonyl (C=O) groups excluding carboxylic acids is 2. The molecular weight excluding hydrogens is 294 g/mol. The summed E-state index contributed by atoms with van der Waals surface area (Å²) in [6.45, 7) is 1.80. The van der Waals surface area contributed by atoms with Crippen LogP contribution in [-0.2, 0) is 9.59 Å². The second kappa shape index (κ2) is 7.85. The number of aromatic nitrogens is 3. The molecule has 0 amide bonds. The molecule has 2 aromatic rings. The van der Waals surface area contributed by atoms with E-state index < -0.39 is 17.1 Å². The lowest BCUT2D eigenvalue weighted by atomic mass is 10.2. The minimum absolute atomic E-state index is 0.426. The standard InChI is InChI=1S/C9H6N2O2.C3H3N3O3/c1-7-2-3-8(10-5-12)4-9(7)11-6-13;7-1-4-2(8)6-3(9)5-1/h2-4H,1H3;(H3,4,5,6,7,8,9). The van der Waals surface area contributed by atoms with Gasteiger partial charge in [0.15, 0.2) is 0 Å². The van der Waals surface area contributed by atoms with Crippen LogP contribution in [0.3, 0.4) is 0 Å². The summed E-state index contributed by atoms with van der Waals surface area (Å²) in [6.07, 6.45) is 2.84.